The fraction of sp³-hybridized carbons (Fsp3) is 0.235. The van der Waals surface area contributed by atoms with Crippen molar-refractivity contribution in [3.8, 4) is 11.8 Å². The maximum Gasteiger partial charge on any atom is 0.262 e. The molecule has 1 aliphatic rings. The molecule has 3 rings (SSSR count). The molecule has 116 valence electrons. The van der Waals surface area contributed by atoms with E-state index in [4.69, 9.17) is 16.3 Å². The molecule has 0 spiro atoms. The van der Waals surface area contributed by atoms with Gasteiger partial charge in [0, 0.05) is 17.0 Å². The first-order valence-electron chi connectivity index (χ1n) is 7.17. The van der Waals surface area contributed by atoms with Gasteiger partial charge < -0.3 is 10.1 Å². The second kappa shape index (κ2) is 6.27. The minimum absolute atomic E-state index is 0.0165. The number of nitrogens with one attached hydrogen (secondary N) is 1. The van der Waals surface area contributed by atoms with Crippen LogP contribution in [0, 0.1) is 11.3 Å². The summed E-state index contributed by atoms with van der Waals surface area (Å²) in [6, 6.07) is 9.32. The summed E-state index contributed by atoms with van der Waals surface area (Å²) < 4.78 is 5.19. The Labute approximate surface area is 138 Å². The highest BCUT2D eigenvalue weighted by Gasteiger charge is 2.24. The Kier molecular flexibility index (Phi) is 4.18. The maximum absolute atomic E-state index is 12.0. The molecule has 1 heterocycles. The predicted octanol–water partition coefficient (Wildman–Crippen LogP) is 3.08. The van der Waals surface area contributed by atoms with Crippen molar-refractivity contribution in [1.82, 2.24) is 10.3 Å². The topological polar surface area (TPSA) is 75.0 Å². The highest BCUT2D eigenvalue weighted by atomic mass is 35.5. The zero-order valence-corrected chi connectivity index (χ0v) is 13.2. The Morgan fingerprint density at radius 2 is 2.26 bits per heavy atom. The van der Waals surface area contributed by atoms with Gasteiger partial charge in [-0.2, -0.15) is 5.26 Å². The summed E-state index contributed by atoms with van der Waals surface area (Å²) >= 11 is 6.17. The number of nitrogens with zero attached hydrogens (tertiary/aromatic N) is 2. The molecule has 23 heavy (non-hydrogen) atoms. The lowest BCUT2D eigenvalue weighted by Gasteiger charge is -2.06. The third-order valence-corrected chi connectivity index (χ3v) is 3.88. The van der Waals surface area contributed by atoms with E-state index in [9.17, 15) is 10.1 Å². The number of methoxy groups -OCH3 is 1. The molecule has 0 radical (unpaired) electrons. The van der Waals surface area contributed by atoms with Gasteiger partial charge in [0.2, 0.25) is 0 Å². The first kappa shape index (κ1) is 15.3. The van der Waals surface area contributed by atoms with Gasteiger partial charge in [-0.1, -0.05) is 11.6 Å². The zero-order valence-electron chi connectivity index (χ0n) is 12.5. The monoisotopic (exact) mass is 327 g/mol. The van der Waals surface area contributed by atoms with Crippen LogP contribution < -0.4 is 10.1 Å². The Balaban J connectivity index is 1.99. The van der Waals surface area contributed by atoms with Crippen LogP contribution in [0.2, 0.25) is 5.15 Å². The third-order valence-electron chi connectivity index (χ3n) is 3.58. The van der Waals surface area contributed by atoms with Crippen LogP contribution >= 0.6 is 11.6 Å². The number of carbonyl (C=O) groups is 1. The quantitative estimate of drug-likeness (QED) is 0.532. The van der Waals surface area contributed by atoms with Crippen LogP contribution in [0.3, 0.4) is 0 Å². The number of carbonyl (C=O) groups excluding carboxylic acids is 1. The van der Waals surface area contributed by atoms with Gasteiger partial charge in [-0.05, 0) is 43.2 Å². The van der Waals surface area contributed by atoms with Gasteiger partial charge >= 0.3 is 0 Å². The average Bonchev–Trinajstić information content (AvgIpc) is 3.36. The van der Waals surface area contributed by atoms with Crippen molar-refractivity contribution in [1.29, 1.82) is 5.26 Å². The van der Waals surface area contributed by atoms with E-state index < -0.39 is 0 Å². The lowest BCUT2D eigenvalue weighted by molar-refractivity contribution is -0.117. The molecule has 1 aromatic heterocycles. The summed E-state index contributed by atoms with van der Waals surface area (Å²) in [5.74, 6) is 0.320. The van der Waals surface area contributed by atoms with Gasteiger partial charge in [0.05, 0.1) is 12.6 Å². The van der Waals surface area contributed by atoms with E-state index in [-0.39, 0.29) is 22.7 Å². The normalized spacial score (nSPS) is 14.4. The van der Waals surface area contributed by atoms with E-state index in [2.05, 4.69) is 10.3 Å². The summed E-state index contributed by atoms with van der Waals surface area (Å²) in [6.45, 7) is 0. The molecular formula is C17H14ClN3O2. The van der Waals surface area contributed by atoms with Crippen molar-refractivity contribution in [3.05, 3.63) is 40.6 Å². The van der Waals surface area contributed by atoms with E-state index in [1.54, 1.807) is 25.3 Å². The fourth-order valence-corrected chi connectivity index (χ4v) is 2.37. The predicted molar refractivity (Wildman–Crippen MR) is 88.1 cm³/mol. The van der Waals surface area contributed by atoms with Crippen LogP contribution in [0.1, 0.15) is 18.4 Å². The lowest BCUT2D eigenvalue weighted by atomic mass is 10.1. The molecule has 1 amide bonds. The molecule has 0 bridgehead atoms. The molecule has 1 saturated carbocycles. The number of hydrogen-bond donors (Lipinski definition) is 1. The van der Waals surface area contributed by atoms with Crippen molar-refractivity contribution in [2.75, 3.05) is 7.11 Å². The zero-order chi connectivity index (χ0) is 16.4. The molecule has 6 heteroatoms. The standard InChI is InChI=1S/C17H14ClN3O2/c1-23-14-4-5-15-10(8-14)6-11(16(18)21-15)7-12(9-19)17(22)20-13-2-3-13/h4-8,13H,2-3H2,1H3,(H,20,22)/b12-7+. The molecule has 0 unspecified atom stereocenters. The van der Waals surface area contributed by atoms with Crippen LogP contribution in [0.4, 0.5) is 0 Å². The number of ether oxygens (including phenoxy) is 1. The van der Waals surface area contributed by atoms with E-state index in [1.165, 1.54) is 6.08 Å². The number of halogens is 1. The first-order valence-corrected chi connectivity index (χ1v) is 7.55. The molecule has 1 aromatic carbocycles. The molecule has 1 aliphatic carbocycles. The number of benzene rings is 1. The van der Waals surface area contributed by atoms with Crippen molar-refractivity contribution < 1.29 is 9.53 Å². The molecule has 2 aromatic rings. The summed E-state index contributed by atoms with van der Waals surface area (Å²) in [6.07, 6.45) is 3.39. The highest BCUT2D eigenvalue weighted by molar-refractivity contribution is 6.31. The van der Waals surface area contributed by atoms with Gasteiger partial charge in [0.25, 0.3) is 5.91 Å². The van der Waals surface area contributed by atoms with Gasteiger partial charge in [-0.3, -0.25) is 4.79 Å². The van der Waals surface area contributed by atoms with Crippen molar-refractivity contribution in [2.45, 2.75) is 18.9 Å². The average molecular weight is 328 g/mol. The second-order valence-corrected chi connectivity index (χ2v) is 5.70. The number of amides is 1. The Morgan fingerprint density at radius 1 is 1.48 bits per heavy atom. The number of nitriles is 1. The van der Waals surface area contributed by atoms with Crippen LogP contribution in [0.25, 0.3) is 17.0 Å². The molecule has 1 fully saturated rings. The number of rotatable bonds is 4. The Bertz CT molecular complexity index is 851. The second-order valence-electron chi connectivity index (χ2n) is 5.34. The number of hydrogen-bond acceptors (Lipinski definition) is 4. The minimum Gasteiger partial charge on any atom is -0.497 e. The van der Waals surface area contributed by atoms with Crippen LogP contribution in [-0.2, 0) is 4.79 Å². The molecule has 0 atom stereocenters. The molecule has 0 aliphatic heterocycles. The summed E-state index contributed by atoms with van der Waals surface area (Å²) in [7, 11) is 1.58. The fourth-order valence-electron chi connectivity index (χ4n) is 2.17. The van der Waals surface area contributed by atoms with E-state index in [1.807, 2.05) is 12.1 Å². The Hall–Kier alpha value is -2.58. The summed E-state index contributed by atoms with van der Waals surface area (Å²) in [4.78, 5) is 16.3. The SMILES string of the molecule is COc1ccc2nc(Cl)c(/C=C(\C#N)C(=O)NC3CC3)cc2c1. The van der Waals surface area contributed by atoms with Crippen LogP contribution in [0.15, 0.2) is 29.8 Å². The summed E-state index contributed by atoms with van der Waals surface area (Å²) in [5.41, 5.74) is 1.26. The largest absolute Gasteiger partial charge is 0.497 e. The first-order chi connectivity index (χ1) is 11.1. The van der Waals surface area contributed by atoms with E-state index in [0.717, 1.165) is 18.2 Å². The van der Waals surface area contributed by atoms with Gasteiger partial charge in [0.1, 0.15) is 22.5 Å². The molecule has 5 nitrogen and oxygen atoms in total. The number of pyridine rings is 1. The maximum atomic E-state index is 12.0. The Morgan fingerprint density at radius 3 is 2.91 bits per heavy atom. The number of aromatic nitrogens is 1. The highest BCUT2D eigenvalue weighted by Crippen LogP contribution is 2.26. The van der Waals surface area contributed by atoms with Crippen LogP contribution in [-0.4, -0.2) is 24.0 Å². The molecular weight excluding hydrogens is 314 g/mol. The van der Waals surface area contributed by atoms with E-state index in [0.29, 0.717) is 16.8 Å². The van der Waals surface area contributed by atoms with Crippen molar-refractivity contribution in [3.63, 3.8) is 0 Å². The lowest BCUT2D eigenvalue weighted by Crippen LogP contribution is -2.26. The van der Waals surface area contributed by atoms with E-state index >= 15 is 0 Å². The molecule has 0 saturated heterocycles. The number of fused-ring (bicyclic) bond motifs is 1. The van der Waals surface area contributed by atoms with Crippen molar-refractivity contribution >= 4 is 34.5 Å². The van der Waals surface area contributed by atoms with Gasteiger partial charge in [-0.15, -0.1) is 0 Å². The van der Waals surface area contributed by atoms with Crippen LogP contribution in [0.5, 0.6) is 5.75 Å². The summed E-state index contributed by atoms with van der Waals surface area (Å²) in [5, 5.41) is 13.1. The van der Waals surface area contributed by atoms with Gasteiger partial charge in [-0.25, -0.2) is 4.98 Å². The minimum atomic E-state index is -0.378. The van der Waals surface area contributed by atoms with Crippen molar-refractivity contribution in [2.24, 2.45) is 0 Å². The smallest absolute Gasteiger partial charge is 0.262 e. The molecule has 1 N–H and O–H groups in total. The van der Waals surface area contributed by atoms with Gasteiger partial charge in [0.15, 0.2) is 0 Å². The third kappa shape index (κ3) is 3.43.